The average molecular weight is 667 g/mol. The molecule has 0 fully saturated rings. The van der Waals surface area contributed by atoms with E-state index in [1.54, 1.807) is 34.0 Å². The Kier molecular flexibility index (Phi) is 17.6. The van der Waals surface area contributed by atoms with Crippen LogP contribution in [0.5, 0.6) is 0 Å². The Balaban J connectivity index is 0.000000311. The maximum Gasteiger partial charge on any atom is 0.0810 e. The van der Waals surface area contributed by atoms with E-state index in [9.17, 15) is 0 Å². The fraction of sp³-hybridized carbons (Fsp3) is 0.417. The van der Waals surface area contributed by atoms with Crippen molar-refractivity contribution in [1.29, 1.82) is 0 Å². The lowest BCUT2D eigenvalue weighted by Crippen LogP contribution is -1.94. The summed E-state index contributed by atoms with van der Waals surface area (Å²) < 4.78 is 5.81. The third kappa shape index (κ3) is 10.1. The van der Waals surface area contributed by atoms with Crippen LogP contribution in [0.3, 0.4) is 0 Å². The molecule has 6 aromatic heterocycles. The van der Waals surface area contributed by atoms with Gasteiger partial charge in [0.15, 0.2) is 0 Å². The van der Waals surface area contributed by atoms with Crippen molar-refractivity contribution in [3.05, 3.63) is 84.9 Å². The fourth-order valence-electron chi connectivity index (χ4n) is 4.59. The lowest BCUT2D eigenvalue weighted by molar-refractivity contribution is 0.775. The molecule has 6 heterocycles. The van der Waals surface area contributed by atoms with Crippen LogP contribution in [0.4, 0.5) is 0 Å². The van der Waals surface area contributed by atoms with E-state index in [-0.39, 0.29) is 0 Å². The standard InChI is InChI=1S/3C10H12N2S.3C2H6/c1-7-4-11-12(3)10(7)9-6-13-5-8(9)2;1-7-6-11-12(3)10(7)9-4-5-13-8(9)2;1-7-4-5-13-10(7)9-8(2)6-11-12(9)3;3*1-2/h3*4-6H,1-3H3;3*1-2H3. The van der Waals surface area contributed by atoms with Gasteiger partial charge < -0.3 is 0 Å². The highest BCUT2D eigenvalue weighted by atomic mass is 32.1. The average Bonchev–Trinajstić information content (AvgIpc) is 3.91. The minimum atomic E-state index is 1.23. The Morgan fingerprint density at radius 3 is 1.27 bits per heavy atom. The number of nitrogens with zero attached hydrogens (tertiary/aromatic N) is 6. The van der Waals surface area contributed by atoms with Crippen LogP contribution in [0.25, 0.3) is 33.1 Å². The van der Waals surface area contributed by atoms with Gasteiger partial charge in [0.2, 0.25) is 0 Å². The van der Waals surface area contributed by atoms with Gasteiger partial charge >= 0.3 is 0 Å². The number of rotatable bonds is 3. The Labute approximate surface area is 284 Å². The zero-order chi connectivity index (χ0) is 34.3. The second-order valence-electron chi connectivity index (χ2n) is 9.69. The Bertz CT molecular complexity index is 1420. The van der Waals surface area contributed by atoms with E-state index < -0.39 is 0 Å². The number of aromatic nitrogens is 6. The predicted octanol–water partition coefficient (Wildman–Crippen LogP) is 11.4. The predicted molar refractivity (Wildman–Crippen MR) is 202 cm³/mol. The summed E-state index contributed by atoms with van der Waals surface area (Å²) in [5, 5.41) is 21.3. The van der Waals surface area contributed by atoms with Crippen LogP contribution < -0.4 is 0 Å². The third-order valence-electron chi connectivity index (χ3n) is 6.67. The molecule has 45 heavy (non-hydrogen) atoms. The molecule has 0 atom stereocenters. The van der Waals surface area contributed by atoms with Gasteiger partial charge in [-0.3, -0.25) is 14.0 Å². The van der Waals surface area contributed by atoms with Gasteiger partial charge in [0.05, 0.1) is 40.5 Å². The first-order valence-corrected chi connectivity index (χ1v) is 18.4. The van der Waals surface area contributed by atoms with Crippen molar-refractivity contribution < 1.29 is 0 Å². The molecule has 246 valence electrons. The second kappa shape index (κ2) is 20.0. The largest absolute Gasteiger partial charge is 0.268 e. The number of hydrogen-bond acceptors (Lipinski definition) is 6. The topological polar surface area (TPSA) is 53.5 Å². The molecule has 0 aliphatic rings. The normalized spacial score (nSPS) is 9.67. The van der Waals surface area contributed by atoms with Crippen LogP contribution >= 0.6 is 34.0 Å². The van der Waals surface area contributed by atoms with Gasteiger partial charge in [0, 0.05) is 42.5 Å². The summed E-state index contributed by atoms with van der Waals surface area (Å²) >= 11 is 5.29. The molecule has 0 saturated carbocycles. The van der Waals surface area contributed by atoms with Crippen LogP contribution in [0.15, 0.2) is 52.2 Å². The van der Waals surface area contributed by atoms with E-state index in [4.69, 9.17) is 0 Å². The van der Waals surface area contributed by atoms with Crippen molar-refractivity contribution in [2.75, 3.05) is 0 Å². The Hall–Kier alpha value is -3.27. The van der Waals surface area contributed by atoms with Crippen molar-refractivity contribution in [3.8, 4) is 33.1 Å². The van der Waals surface area contributed by atoms with Gasteiger partial charge in [-0.25, -0.2) is 0 Å². The molecule has 6 nitrogen and oxygen atoms in total. The molecule has 0 radical (unpaired) electrons. The SMILES string of the molecule is CC.CC.CC.Cc1ccsc1-c1c(C)cnn1C.Cc1cnn(C)c1-c1ccsc1C.Cc1cscc1-c1c(C)cnn1C. The summed E-state index contributed by atoms with van der Waals surface area (Å²) in [4.78, 5) is 2.68. The third-order valence-corrected chi connectivity index (χ3v) is 9.40. The van der Waals surface area contributed by atoms with E-state index in [1.165, 1.54) is 65.8 Å². The van der Waals surface area contributed by atoms with Crippen LogP contribution in [-0.4, -0.2) is 29.3 Å². The second-order valence-corrected chi connectivity index (χ2v) is 12.5. The summed E-state index contributed by atoms with van der Waals surface area (Å²) in [7, 11) is 5.96. The first kappa shape index (κ1) is 39.8. The Morgan fingerprint density at radius 2 is 0.933 bits per heavy atom. The molecule has 0 N–H and O–H groups in total. The van der Waals surface area contributed by atoms with E-state index in [0.29, 0.717) is 0 Å². The first-order chi connectivity index (χ1) is 21.6. The molecule has 0 amide bonds. The maximum atomic E-state index is 4.24. The molecule has 0 aromatic carbocycles. The van der Waals surface area contributed by atoms with E-state index in [0.717, 1.165) is 0 Å². The smallest absolute Gasteiger partial charge is 0.0810 e. The van der Waals surface area contributed by atoms with Crippen LogP contribution in [0.1, 0.15) is 74.2 Å². The number of hydrogen-bond donors (Lipinski definition) is 0. The lowest BCUT2D eigenvalue weighted by Gasteiger charge is -2.02. The minimum absolute atomic E-state index is 1.23. The van der Waals surface area contributed by atoms with Crippen molar-refractivity contribution in [2.45, 2.75) is 83.1 Å². The van der Waals surface area contributed by atoms with Gasteiger partial charge in [0.25, 0.3) is 0 Å². The zero-order valence-electron chi connectivity index (χ0n) is 30.1. The van der Waals surface area contributed by atoms with Gasteiger partial charge in [-0.1, -0.05) is 41.5 Å². The monoisotopic (exact) mass is 666 g/mol. The van der Waals surface area contributed by atoms with Crippen molar-refractivity contribution >= 4 is 34.0 Å². The van der Waals surface area contributed by atoms with E-state index in [2.05, 4.69) is 90.5 Å². The van der Waals surface area contributed by atoms with Crippen LogP contribution in [-0.2, 0) is 21.1 Å². The molecular formula is C36H54N6S3. The van der Waals surface area contributed by atoms with Crippen LogP contribution in [0.2, 0.25) is 0 Å². The quantitative estimate of drug-likeness (QED) is 0.189. The van der Waals surface area contributed by atoms with Crippen molar-refractivity contribution in [2.24, 2.45) is 21.1 Å². The van der Waals surface area contributed by atoms with E-state index >= 15 is 0 Å². The molecule has 0 aliphatic carbocycles. The minimum Gasteiger partial charge on any atom is -0.268 e. The molecule has 0 bridgehead atoms. The molecule has 0 unspecified atom stereocenters. The van der Waals surface area contributed by atoms with Gasteiger partial charge in [-0.15, -0.1) is 22.7 Å². The maximum absolute atomic E-state index is 4.24. The highest BCUT2D eigenvalue weighted by Gasteiger charge is 2.12. The molecule has 0 aliphatic heterocycles. The molecular weight excluding hydrogens is 613 g/mol. The Morgan fingerprint density at radius 1 is 0.489 bits per heavy atom. The van der Waals surface area contributed by atoms with Gasteiger partial charge in [-0.2, -0.15) is 26.6 Å². The number of aryl methyl sites for hydroxylation is 9. The van der Waals surface area contributed by atoms with Gasteiger partial charge in [0.1, 0.15) is 0 Å². The van der Waals surface area contributed by atoms with Gasteiger partial charge in [-0.05, 0) is 97.6 Å². The summed E-state index contributed by atoms with van der Waals surface area (Å²) in [6, 6.07) is 4.30. The first-order valence-electron chi connectivity index (χ1n) is 15.7. The lowest BCUT2D eigenvalue weighted by atomic mass is 10.1. The van der Waals surface area contributed by atoms with Crippen molar-refractivity contribution in [3.63, 3.8) is 0 Å². The molecule has 0 spiro atoms. The summed E-state index contributed by atoms with van der Waals surface area (Å²) in [5.74, 6) is 0. The molecule has 9 heteroatoms. The highest BCUT2D eigenvalue weighted by Crippen LogP contribution is 2.31. The highest BCUT2D eigenvalue weighted by molar-refractivity contribution is 7.13. The summed E-state index contributed by atoms with van der Waals surface area (Å²) in [6.45, 7) is 24.7. The van der Waals surface area contributed by atoms with E-state index in [1.807, 2.05) is 95.3 Å². The van der Waals surface area contributed by atoms with Crippen molar-refractivity contribution in [1.82, 2.24) is 29.3 Å². The zero-order valence-corrected chi connectivity index (χ0v) is 32.6. The fourth-order valence-corrected chi connectivity index (χ4v) is 7.19. The molecule has 6 rings (SSSR count). The summed E-state index contributed by atoms with van der Waals surface area (Å²) in [5.41, 5.74) is 12.7. The molecule has 0 saturated heterocycles. The van der Waals surface area contributed by atoms with Crippen LogP contribution in [0, 0.1) is 41.5 Å². The molecule has 6 aromatic rings. The number of thiophene rings is 3. The summed E-state index contributed by atoms with van der Waals surface area (Å²) in [6.07, 6.45) is 5.73.